The number of rotatable bonds is 4. The van der Waals surface area contributed by atoms with Gasteiger partial charge in [-0.3, -0.25) is 0 Å². The molecule has 4 nitrogen and oxygen atoms in total. The molecule has 0 amide bonds. The van der Waals surface area contributed by atoms with E-state index in [1.165, 1.54) is 32.4 Å². The van der Waals surface area contributed by atoms with Crippen LogP contribution in [-0.2, 0) is 14.3 Å². The number of hydrogen-bond donors (Lipinski definition) is 0. The van der Waals surface area contributed by atoms with Crippen LogP contribution in [0.5, 0.6) is 0 Å². The van der Waals surface area contributed by atoms with Gasteiger partial charge >= 0.3 is 0 Å². The van der Waals surface area contributed by atoms with Crippen LogP contribution in [0.2, 0.25) is 0 Å². The predicted octanol–water partition coefficient (Wildman–Crippen LogP) is 2.08. The van der Waals surface area contributed by atoms with E-state index in [0.717, 1.165) is 0 Å². The van der Waals surface area contributed by atoms with E-state index in [1.54, 1.807) is 6.07 Å². The van der Waals surface area contributed by atoms with E-state index in [-0.39, 0.29) is 5.69 Å². The Hall–Kier alpha value is -1.55. The molecule has 0 atom stereocenters. The summed E-state index contributed by atoms with van der Waals surface area (Å²) >= 11 is 0. The lowest BCUT2D eigenvalue weighted by atomic mass is 10.2. The second-order valence-corrected chi connectivity index (χ2v) is 2.72. The van der Waals surface area contributed by atoms with Crippen molar-refractivity contribution in [3.63, 3.8) is 0 Å². The van der Waals surface area contributed by atoms with Crippen LogP contribution in [0.3, 0.4) is 0 Å². The second-order valence-electron chi connectivity index (χ2n) is 2.72. The van der Waals surface area contributed by atoms with Crippen molar-refractivity contribution in [1.29, 1.82) is 0 Å². The van der Waals surface area contributed by atoms with Gasteiger partial charge in [0, 0.05) is 19.8 Å². The summed E-state index contributed by atoms with van der Waals surface area (Å²) in [4.78, 5) is 13.1. The smallest absolute Gasteiger partial charge is 0.240 e. The Bertz CT molecular complexity index is 384. The van der Waals surface area contributed by atoms with Crippen molar-refractivity contribution in [1.82, 2.24) is 0 Å². The maximum Gasteiger partial charge on any atom is 0.240 e. The van der Waals surface area contributed by atoms with E-state index in [0.29, 0.717) is 5.56 Å². The number of ether oxygens (including phenoxy) is 2. The predicted molar refractivity (Wildman–Crippen MR) is 50.9 cm³/mol. The summed E-state index contributed by atoms with van der Waals surface area (Å²) in [5.74, 6) is -0.616. The molecule has 0 saturated heterocycles. The molecule has 0 saturated carbocycles. The Morgan fingerprint density at radius 3 is 2.53 bits per heavy atom. The fourth-order valence-corrected chi connectivity index (χ4v) is 1.18. The normalized spacial score (nSPS) is 10.1. The molecule has 1 rings (SSSR count). The fraction of sp³-hybridized carbons (Fsp3) is 0.300. The van der Waals surface area contributed by atoms with Crippen molar-refractivity contribution in [2.45, 2.75) is 6.29 Å². The van der Waals surface area contributed by atoms with E-state index < -0.39 is 12.1 Å². The van der Waals surface area contributed by atoms with Crippen molar-refractivity contribution >= 4 is 11.8 Å². The number of nitrogens with zero attached hydrogens (tertiary/aromatic N) is 1. The minimum absolute atomic E-state index is 0.0558. The average Bonchev–Trinajstić information content (AvgIpc) is 2.24. The van der Waals surface area contributed by atoms with Crippen LogP contribution < -0.4 is 0 Å². The summed E-state index contributed by atoms with van der Waals surface area (Å²) in [6, 6.07) is 4.13. The molecule has 1 aromatic carbocycles. The molecule has 1 aromatic rings. The van der Waals surface area contributed by atoms with Gasteiger partial charge < -0.3 is 9.47 Å². The van der Waals surface area contributed by atoms with E-state index in [1.807, 2.05) is 0 Å². The molecule has 0 unspecified atom stereocenters. The maximum absolute atomic E-state index is 13.3. The van der Waals surface area contributed by atoms with E-state index >= 15 is 0 Å². The highest BCUT2D eigenvalue weighted by Gasteiger charge is 2.11. The average molecular weight is 211 g/mol. The third-order valence-corrected chi connectivity index (χ3v) is 1.84. The van der Waals surface area contributed by atoms with Crippen molar-refractivity contribution in [2.75, 3.05) is 14.2 Å². The SMILES string of the molecule is COC(OC)c1ccc(N=C=O)c(F)c1. The summed E-state index contributed by atoms with van der Waals surface area (Å²) in [6.07, 6.45) is 0.643. The molecular weight excluding hydrogens is 201 g/mol. The van der Waals surface area contributed by atoms with Crippen molar-refractivity contribution < 1.29 is 18.7 Å². The van der Waals surface area contributed by atoms with Gasteiger partial charge in [0.1, 0.15) is 11.5 Å². The number of aliphatic imine (C=N–C) groups is 1. The number of methoxy groups -OCH3 is 2. The van der Waals surface area contributed by atoms with Crippen molar-refractivity contribution in [3.05, 3.63) is 29.6 Å². The first-order valence-electron chi connectivity index (χ1n) is 4.15. The quantitative estimate of drug-likeness (QED) is 0.435. The molecule has 0 aliphatic heterocycles. The van der Waals surface area contributed by atoms with Gasteiger partial charge in [0.05, 0.1) is 0 Å². The minimum Gasteiger partial charge on any atom is -0.352 e. The number of isocyanates is 1. The Balaban J connectivity index is 3.04. The third kappa shape index (κ3) is 2.70. The molecule has 0 bridgehead atoms. The molecule has 0 aliphatic carbocycles. The fourth-order valence-electron chi connectivity index (χ4n) is 1.18. The molecular formula is C10H10FNO3. The molecule has 0 spiro atoms. The van der Waals surface area contributed by atoms with E-state index in [2.05, 4.69) is 4.99 Å². The van der Waals surface area contributed by atoms with Gasteiger partial charge in [-0.25, -0.2) is 9.18 Å². The van der Waals surface area contributed by atoms with Gasteiger partial charge in [-0.2, -0.15) is 4.99 Å². The second kappa shape index (κ2) is 5.36. The zero-order valence-electron chi connectivity index (χ0n) is 8.36. The molecule has 0 aromatic heterocycles. The third-order valence-electron chi connectivity index (χ3n) is 1.84. The molecule has 15 heavy (non-hydrogen) atoms. The Labute approximate surface area is 86.3 Å². The van der Waals surface area contributed by atoms with Gasteiger partial charge in [-0.1, -0.05) is 6.07 Å². The minimum atomic E-state index is -0.631. The van der Waals surface area contributed by atoms with Crippen LogP contribution >= 0.6 is 0 Å². The topological polar surface area (TPSA) is 47.9 Å². The van der Waals surface area contributed by atoms with Crippen LogP contribution in [0.1, 0.15) is 11.9 Å². The molecule has 0 radical (unpaired) electrons. The molecule has 0 N–H and O–H groups in total. The Morgan fingerprint density at radius 2 is 2.07 bits per heavy atom. The number of carbonyl (C=O) groups excluding carboxylic acids is 1. The van der Waals surface area contributed by atoms with Gasteiger partial charge in [-0.05, 0) is 12.1 Å². The van der Waals surface area contributed by atoms with E-state index in [4.69, 9.17) is 9.47 Å². The first-order valence-corrected chi connectivity index (χ1v) is 4.15. The van der Waals surface area contributed by atoms with Gasteiger partial charge in [-0.15, -0.1) is 0 Å². The van der Waals surface area contributed by atoms with Crippen molar-refractivity contribution in [3.8, 4) is 0 Å². The zero-order chi connectivity index (χ0) is 11.3. The molecule has 0 aliphatic rings. The Kier molecular flexibility index (Phi) is 4.12. The van der Waals surface area contributed by atoms with Gasteiger partial charge in [0.2, 0.25) is 6.08 Å². The first kappa shape index (κ1) is 11.5. The Morgan fingerprint density at radius 1 is 1.40 bits per heavy atom. The van der Waals surface area contributed by atoms with Crippen LogP contribution in [0.15, 0.2) is 23.2 Å². The lowest BCUT2D eigenvalue weighted by Crippen LogP contribution is -2.03. The summed E-state index contributed by atoms with van der Waals surface area (Å²) in [5.41, 5.74) is 0.460. The molecule has 0 heterocycles. The van der Waals surface area contributed by atoms with Crippen LogP contribution in [0, 0.1) is 5.82 Å². The maximum atomic E-state index is 13.3. The summed E-state index contributed by atoms with van der Waals surface area (Å²) in [7, 11) is 2.90. The molecule has 0 fully saturated rings. The summed E-state index contributed by atoms with van der Waals surface area (Å²) in [5, 5.41) is 0. The monoisotopic (exact) mass is 211 g/mol. The van der Waals surface area contributed by atoms with Crippen LogP contribution in [-0.4, -0.2) is 20.3 Å². The number of hydrogen-bond acceptors (Lipinski definition) is 4. The standard InChI is InChI=1S/C10H10FNO3/c1-14-10(15-2)7-3-4-9(12-6-13)8(11)5-7/h3-5,10H,1-2H3. The lowest BCUT2D eigenvalue weighted by Gasteiger charge is -2.13. The van der Waals surface area contributed by atoms with Crippen molar-refractivity contribution in [2.24, 2.45) is 4.99 Å². The summed E-state index contributed by atoms with van der Waals surface area (Å²) < 4.78 is 23.2. The zero-order valence-corrected chi connectivity index (χ0v) is 8.36. The molecule has 5 heteroatoms. The lowest BCUT2D eigenvalue weighted by molar-refractivity contribution is -0.106. The van der Waals surface area contributed by atoms with Crippen LogP contribution in [0.4, 0.5) is 10.1 Å². The number of benzene rings is 1. The molecule has 80 valence electrons. The highest BCUT2D eigenvalue weighted by Crippen LogP contribution is 2.23. The summed E-state index contributed by atoms with van der Waals surface area (Å²) in [6.45, 7) is 0. The highest BCUT2D eigenvalue weighted by molar-refractivity contribution is 5.50. The van der Waals surface area contributed by atoms with E-state index in [9.17, 15) is 9.18 Å². The number of halogens is 1. The van der Waals surface area contributed by atoms with Gasteiger partial charge in [0.15, 0.2) is 6.29 Å². The van der Waals surface area contributed by atoms with Gasteiger partial charge in [0.25, 0.3) is 0 Å². The van der Waals surface area contributed by atoms with Crippen LogP contribution in [0.25, 0.3) is 0 Å². The highest BCUT2D eigenvalue weighted by atomic mass is 19.1. The largest absolute Gasteiger partial charge is 0.352 e. The first-order chi connectivity index (χ1) is 7.22.